The zero-order valence-corrected chi connectivity index (χ0v) is 20.9. The van der Waals surface area contributed by atoms with E-state index in [1.807, 2.05) is 0 Å². The Bertz CT molecular complexity index is 1120. The Morgan fingerprint density at radius 3 is 2.21 bits per heavy atom. The molecule has 1 fully saturated rings. The molecule has 1 atom stereocenters. The topological polar surface area (TPSA) is 97.5 Å². The maximum atomic E-state index is 12.1. The molecule has 0 radical (unpaired) electrons. The molecule has 178 valence electrons. The maximum absolute atomic E-state index is 12.1. The van der Waals surface area contributed by atoms with Crippen LogP contribution in [0.2, 0.25) is 20.1 Å². The summed E-state index contributed by atoms with van der Waals surface area (Å²) in [6.45, 7) is 1.97. The van der Waals surface area contributed by atoms with Gasteiger partial charge in [0, 0.05) is 40.6 Å². The number of hydrogen-bond donors (Lipinski definition) is 2. The number of carbonyl (C=O) groups excluding carboxylic acids is 2. The fraction of sp³-hybridized carbons (Fsp3) is 0.174. The third kappa shape index (κ3) is 6.90. The lowest BCUT2D eigenvalue weighted by molar-refractivity contribution is -0.119. The number of ether oxygens (including phenoxy) is 1. The normalized spacial score (nSPS) is 14.8. The summed E-state index contributed by atoms with van der Waals surface area (Å²) in [7, 11) is 0. The average molecular weight is 542 g/mol. The number of pyridine rings is 1. The highest BCUT2D eigenvalue weighted by molar-refractivity contribution is 6.39. The second kappa shape index (κ2) is 11.6. The number of rotatable bonds is 4. The van der Waals surface area contributed by atoms with Gasteiger partial charge in [-0.2, -0.15) is 0 Å². The molecule has 4 rings (SSSR count). The number of anilines is 2. The van der Waals surface area contributed by atoms with Crippen LogP contribution in [0.5, 0.6) is 0 Å². The average Bonchev–Trinajstić information content (AvgIpc) is 3.12. The Hall–Kier alpha value is -2.71. The molecule has 2 heterocycles. The van der Waals surface area contributed by atoms with Crippen molar-refractivity contribution < 1.29 is 14.3 Å². The summed E-state index contributed by atoms with van der Waals surface area (Å²) in [5.41, 5.74) is 8.04. The number of nitrogens with one attached hydrogen (secondary N) is 1. The molecular weight excluding hydrogens is 522 g/mol. The number of carbonyl (C=O) groups is 2. The van der Waals surface area contributed by atoms with Gasteiger partial charge in [0.05, 0.1) is 28.8 Å². The molecule has 1 aliphatic heterocycles. The van der Waals surface area contributed by atoms with Crippen LogP contribution >= 0.6 is 46.4 Å². The Morgan fingerprint density at radius 2 is 1.68 bits per heavy atom. The Labute approximate surface area is 216 Å². The van der Waals surface area contributed by atoms with E-state index in [0.717, 1.165) is 5.56 Å². The predicted octanol–water partition coefficient (Wildman–Crippen LogP) is 6.09. The van der Waals surface area contributed by atoms with E-state index in [9.17, 15) is 9.59 Å². The third-order valence-corrected chi connectivity index (χ3v) is 5.68. The standard InChI is InChI=1S/C17H15Cl2N3O3.C6H5Cl2N/c1-10(23)21-8-13-9-22(17(24)25-13)12-6-14(18)16(15(19)7-12)11-2-4-20-5-3-11;7-4-1-5(8)3-6(9)2-4/h2-7,13H,8-9H2,1H3,(H,21,23);1-3H,9H2. The van der Waals surface area contributed by atoms with Crippen LogP contribution in [0.15, 0.2) is 54.9 Å². The first-order chi connectivity index (χ1) is 16.1. The highest BCUT2D eigenvalue weighted by Crippen LogP contribution is 2.38. The quantitative estimate of drug-likeness (QED) is 0.389. The van der Waals surface area contributed by atoms with E-state index in [4.69, 9.17) is 56.9 Å². The van der Waals surface area contributed by atoms with Gasteiger partial charge in [0.2, 0.25) is 5.91 Å². The molecule has 2 aromatic carbocycles. The Balaban J connectivity index is 0.000000302. The highest BCUT2D eigenvalue weighted by atomic mass is 35.5. The molecule has 1 aromatic heterocycles. The molecule has 1 aliphatic rings. The number of aromatic nitrogens is 1. The first kappa shape index (κ1) is 25.9. The molecule has 0 bridgehead atoms. The summed E-state index contributed by atoms with van der Waals surface area (Å²) in [4.78, 5) is 28.5. The number of nitrogens with zero attached hydrogens (tertiary/aromatic N) is 2. The number of amides is 2. The summed E-state index contributed by atoms with van der Waals surface area (Å²) in [5.74, 6) is -0.178. The van der Waals surface area contributed by atoms with E-state index in [0.29, 0.717) is 43.6 Å². The first-order valence-corrected chi connectivity index (χ1v) is 11.5. The van der Waals surface area contributed by atoms with Crippen LogP contribution in [0.4, 0.5) is 16.2 Å². The Morgan fingerprint density at radius 1 is 1.09 bits per heavy atom. The van der Waals surface area contributed by atoms with Gasteiger partial charge in [-0.3, -0.25) is 14.7 Å². The summed E-state index contributed by atoms with van der Waals surface area (Å²) < 4.78 is 5.25. The van der Waals surface area contributed by atoms with Crippen molar-refractivity contribution in [1.82, 2.24) is 10.3 Å². The van der Waals surface area contributed by atoms with Crippen LogP contribution in [0.3, 0.4) is 0 Å². The lowest BCUT2D eigenvalue weighted by Crippen LogP contribution is -2.33. The van der Waals surface area contributed by atoms with Gasteiger partial charge in [0.25, 0.3) is 0 Å². The molecule has 7 nitrogen and oxygen atoms in total. The van der Waals surface area contributed by atoms with Crippen molar-refractivity contribution in [1.29, 1.82) is 0 Å². The van der Waals surface area contributed by atoms with Crippen molar-refractivity contribution >= 4 is 69.8 Å². The van der Waals surface area contributed by atoms with Crippen molar-refractivity contribution in [2.24, 2.45) is 0 Å². The molecule has 3 N–H and O–H groups in total. The number of hydrogen-bond acceptors (Lipinski definition) is 5. The number of nitrogens with two attached hydrogens (primary N) is 1. The van der Waals surface area contributed by atoms with Gasteiger partial charge in [-0.05, 0) is 48.0 Å². The molecule has 1 unspecified atom stereocenters. The number of cyclic esters (lactones) is 1. The number of halogens is 4. The van der Waals surface area contributed by atoms with Gasteiger partial charge < -0.3 is 15.8 Å². The van der Waals surface area contributed by atoms with Crippen molar-refractivity contribution in [2.75, 3.05) is 23.7 Å². The molecule has 11 heteroatoms. The second-order valence-corrected chi connectivity index (χ2v) is 8.96. The molecule has 1 saturated heterocycles. The van der Waals surface area contributed by atoms with E-state index in [2.05, 4.69) is 10.3 Å². The fourth-order valence-electron chi connectivity index (χ4n) is 3.18. The lowest BCUT2D eigenvalue weighted by atomic mass is 10.1. The summed E-state index contributed by atoms with van der Waals surface area (Å²) in [5, 5.41) is 4.62. The number of nitrogen functional groups attached to an aromatic ring is 1. The van der Waals surface area contributed by atoms with Crippen molar-refractivity contribution in [2.45, 2.75) is 13.0 Å². The zero-order chi connectivity index (χ0) is 24.8. The van der Waals surface area contributed by atoms with Gasteiger partial charge in [-0.15, -0.1) is 0 Å². The predicted molar refractivity (Wildman–Crippen MR) is 137 cm³/mol. The van der Waals surface area contributed by atoms with Crippen molar-refractivity contribution in [3.8, 4) is 11.1 Å². The second-order valence-electron chi connectivity index (χ2n) is 7.28. The third-order valence-electron chi connectivity index (χ3n) is 4.65. The highest BCUT2D eigenvalue weighted by Gasteiger charge is 2.33. The van der Waals surface area contributed by atoms with Crippen LogP contribution in [-0.4, -0.2) is 36.2 Å². The lowest BCUT2D eigenvalue weighted by Gasteiger charge is -2.16. The molecule has 0 saturated carbocycles. The van der Waals surface area contributed by atoms with Crippen LogP contribution < -0.4 is 16.0 Å². The fourth-order valence-corrected chi connectivity index (χ4v) is 4.42. The molecule has 2 amide bonds. The van der Waals surface area contributed by atoms with E-state index < -0.39 is 12.2 Å². The smallest absolute Gasteiger partial charge is 0.414 e. The van der Waals surface area contributed by atoms with Crippen molar-refractivity contribution in [3.05, 3.63) is 74.9 Å². The summed E-state index contributed by atoms with van der Waals surface area (Å²) in [6, 6.07) is 11.9. The molecule has 34 heavy (non-hydrogen) atoms. The number of benzene rings is 2. The summed E-state index contributed by atoms with van der Waals surface area (Å²) in [6.07, 6.45) is 2.38. The van der Waals surface area contributed by atoms with Gasteiger partial charge in [-0.25, -0.2) is 4.79 Å². The SMILES string of the molecule is CC(=O)NCC1CN(c2cc(Cl)c(-c3ccncc3)c(Cl)c2)C(=O)O1.Nc1cc(Cl)cc(Cl)c1. The molecule has 3 aromatic rings. The monoisotopic (exact) mass is 540 g/mol. The van der Waals surface area contributed by atoms with Crippen molar-refractivity contribution in [3.63, 3.8) is 0 Å². The molecule has 0 aliphatic carbocycles. The van der Waals surface area contributed by atoms with E-state index >= 15 is 0 Å². The van der Waals surface area contributed by atoms with Crippen LogP contribution in [-0.2, 0) is 9.53 Å². The van der Waals surface area contributed by atoms with Gasteiger partial charge in [-0.1, -0.05) is 46.4 Å². The van der Waals surface area contributed by atoms with Gasteiger partial charge >= 0.3 is 6.09 Å². The van der Waals surface area contributed by atoms with Gasteiger partial charge in [0.1, 0.15) is 6.10 Å². The van der Waals surface area contributed by atoms with Crippen LogP contribution in [0, 0.1) is 0 Å². The first-order valence-electron chi connectivity index (χ1n) is 9.97. The largest absolute Gasteiger partial charge is 0.442 e. The van der Waals surface area contributed by atoms with E-state index in [1.165, 1.54) is 11.8 Å². The maximum Gasteiger partial charge on any atom is 0.414 e. The summed E-state index contributed by atoms with van der Waals surface area (Å²) >= 11 is 24.0. The van der Waals surface area contributed by atoms with E-state index in [-0.39, 0.29) is 12.5 Å². The molecular formula is C23H20Cl4N4O3. The van der Waals surface area contributed by atoms with E-state index in [1.54, 1.807) is 54.9 Å². The van der Waals surface area contributed by atoms with Crippen LogP contribution in [0.25, 0.3) is 11.1 Å². The zero-order valence-electron chi connectivity index (χ0n) is 17.9. The minimum absolute atomic E-state index is 0.178. The Kier molecular flexibility index (Phi) is 8.85. The minimum atomic E-state index is -0.501. The minimum Gasteiger partial charge on any atom is -0.442 e. The molecule has 0 spiro atoms. The van der Waals surface area contributed by atoms with Crippen LogP contribution in [0.1, 0.15) is 6.92 Å². The van der Waals surface area contributed by atoms with Gasteiger partial charge in [0.15, 0.2) is 0 Å².